The van der Waals surface area contributed by atoms with Crippen molar-refractivity contribution >= 4 is 43.5 Å². The molecule has 0 aliphatic heterocycles. The normalized spacial score (nSPS) is 12.4. The smallest absolute Gasteiger partial charge is 0.0831 e. The first-order chi connectivity index (χ1) is 8.56. The van der Waals surface area contributed by atoms with Crippen LogP contribution in [0.25, 0.3) is 0 Å². The van der Waals surface area contributed by atoms with Crippen molar-refractivity contribution < 1.29 is 5.11 Å². The standard InChI is InChI=1S/C14H11Br2ClO/c15-11-5-10(6-12(16)8-11)14(18)7-9-3-1-2-4-13(9)17/h1-6,8,14,18H,7H2. The molecular formula is C14H11Br2ClO. The lowest BCUT2D eigenvalue weighted by Crippen LogP contribution is -2.02. The lowest BCUT2D eigenvalue weighted by Gasteiger charge is -2.13. The summed E-state index contributed by atoms with van der Waals surface area (Å²) in [5.41, 5.74) is 1.80. The molecule has 4 heteroatoms. The van der Waals surface area contributed by atoms with E-state index in [0.717, 1.165) is 20.1 Å². The molecule has 0 aliphatic carbocycles. The van der Waals surface area contributed by atoms with E-state index in [4.69, 9.17) is 11.6 Å². The number of hydrogen-bond donors (Lipinski definition) is 1. The summed E-state index contributed by atoms with van der Waals surface area (Å²) in [6.45, 7) is 0. The van der Waals surface area contributed by atoms with Gasteiger partial charge in [-0.15, -0.1) is 0 Å². The predicted octanol–water partition coefficient (Wildman–Crippen LogP) is 5.14. The van der Waals surface area contributed by atoms with Gasteiger partial charge in [-0.1, -0.05) is 61.7 Å². The molecule has 0 saturated carbocycles. The third kappa shape index (κ3) is 3.58. The maximum Gasteiger partial charge on any atom is 0.0831 e. The minimum absolute atomic E-state index is 0.503. The van der Waals surface area contributed by atoms with Gasteiger partial charge in [0.05, 0.1) is 6.10 Å². The Morgan fingerprint density at radius 2 is 1.67 bits per heavy atom. The molecule has 18 heavy (non-hydrogen) atoms. The Bertz CT molecular complexity index is 537. The Kier molecular flexibility index (Phi) is 4.84. The molecule has 2 aromatic carbocycles. The van der Waals surface area contributed by atoms with E-state index in [1.54, 1.807) is 0 Å². The van der Waals surface area contributed by atoms with Crippen LogP contribution in [0.4, 0.5) is 0 Å². The van der Waals surface area contributed by atoms with Crippen molar-refractivity contribution in [2.45, 2.75) is 12.5 Å². The molecule has 94 valence electrons. The van der Waals surface area contributed by atoms with E-state index in [1.807, 2.05) is 42.5 Å². The van der Waals surface area contributed by atoms with Gasteiger partial charge in [-0.2, -0.15) is 0 Å². The van der Waals surface area contributed by atoms with Gasteiger partial charge in [-0.3, -0.25) is 0 Å². The monoisotopic (exact) mass is 388 g/mol. The topological polar surface area (TPSA) is 20.2 Å². The van der Waals surface area contributed by atoms with Crippen LogP contribution in [0, 0.1) is 0 Å². The molecular weight excluding hydrogens is 379 g/mol. The van der Waals surface area contributed by atoms with Gasteiger partial charge in [0.15, 0.2) is 0 Å². The first-order valence-electron chi connectivity index (χ1n) is 5.44. The van der Waals surface area contributed by atoms with Crippen molar-refractivity contribution in [2.75, 3.05) is 0 Å². The van der Waals surface area contributed by atoms with E-state index in [-0.39, 0.29) is 0 Å². The first-order valence-corrected chi connectivity index (χ1v) is 7.40. The second-order valence-corrected chi connectivity index (χ2v) is 6.25. The van der Waals surface area contributed by atoms with Crippen LogP contribution >= 0.6 is 43.5 Å². The van der Waals surface area contributed by atoms with Crippen LogP contribution in [-0.4, -0.2) is 5.11 Å². The van der Waals surface area contributed by atoms with Crippen molar-refractivity contribution in [3.8, 4) is 0 Å². The minimum Gasteiger partial charge on any atom is -0.388 e. The van der Waals surface area contributed by atoms with Crippen LogP contribution in [0.2, 0.25) is 5.02 Å². The van der Waals surface area contributed by atoms with E-state index < -0.39 is 6.10 Å². The largest absolute Gasteiger partial charge is 0.388 e. The fourth-order valence-corrected chi connectivity index (χ4v) is 3.30. The molecule has 0 aliphatic rings. The predicted molar refractivity (Wildman–Crippen MR) is 82.0 cm³/mol. The maximum atomic E-state index is 10.2. The van der Waals surface area contributed by atoms with Crippen LogP contribution in [0.5, 0.6) is 0 Å². The molecule has 0 heterocycles. The molecule has 1 nitrogen and oxygen atoms in total. The second-order valence-electron chi connectivity index (χ2n) is 4.01. The fraction of sp³-hybridized carbons (Fsp3) is 0.143. The average Bonchev–Trinajstić information content (AvgIpc) is 2.31. The third-order valence-electron chi connectivity index (χ3n) is 2.64. The van der Waals surface area contributed by atoms with Crippen molar-refractivity contribution in [1.29, 1.82) is 0 Å². The van der Waals surface area contributed by atoms with Crippen LogP contribution in [0.3, 0.4) is 0 Å². The SMILES string of the molecule is OC(Cc1ccccc1Cl)c1cc(Br)cc(Br)c1. The van der Waals surface area contributed by atoms with Crippen molar-refractivity contribution in [3.05, 3.63) is 67.6 Å². The molecule has 0 radical (unpaired) electrons. The summed E-state index contributed by atoms with van der Waals surface area (Å²) in [6.07, 6.45) is -0.0681. The van der Waals surface area contributed by atoms with Gasteiger partial charge in [0.1, 0.15) is 0 Å². The van der Waals surface area contributed by atoms with Gasteiger partial charge in [0.2, 0.25) is 0 Å². The van der Waals surface area contributed by atoms with Crippen molar-refractivity contribution in [3.63, 3.8) is 0 Å². The lowest BCUT2D eigenvalue weighted by molar-refractivity contribution is 0.178. The van der Waals surface area contributed by atoms with Crippen LogP contribution in [0.15, 0.2) is 51.4 Å². The molecule has 1 atom stereocenters. The summed E-state index contributed by atoms with van der Waals surface area (Å²) in [6, 6.07) is 13.3. The maximum absolute atomic E-state index is 10.2. The highest BCUT2D eigenvalue weighted by atomic mass is 79.9. The Balaban J connectivity index is 2.22. The summed E-state index contributed by atoms with van der Waals surface area (Å²) < 4.78 is 1.87. The quantitative estimate of drug-likeness (QED) is 0.769. The molecule has 1 N–H and O–H groups in total. The van der Waals surface area contributed by atoms with E-state index in [9.17, 15) is 5.11 Å². The van der Waals surface area contributed by atoms with Gasteiger partial charge in [-0.25, -0.2) is 0 Å². The zero-order valence-corrected chi connectivity index (χ0v) is 13.3. The van der Waals surface area contributed by atoms with Gasteiger partial charge >= 0.3 is 0 Å². The number of halogens is 3. The first kappa shape index (κ1) is 14.1. The van der Waals surface area contributed by atoms with Crippen molar-refractivity contribution in [1.82, 2.24) is 0 Å². The number of benzene rings is 2. The lowest BCUT2D eigenvalue weighted by atomic mass is 10.0. The number of aliphatic hydroxyl groups excluding tert-OH is 1. The Morgan fingerprint density at radius 3 is 2.28 bits per heavy atom. The summed E-state index contributed by atoms with van der Waals surface area (Å²) in [5.74, 6) is 0. The highest BCUT2D eigenvalue weighted by Gasteiger charge is 2.11. The van der Waals surface area contributed by atoms with Gasteiger partial charge in [0.25, 0.3) is 0 Å². The van der Waals surface area contributed by atoms with Crippen LogP contribution < -0.4 is 0 Å². The molecule has 1 unspecified atom stereocenters. The fourth-order valence-electron chi connectivity index (χ4n) is 1.76. The van der Waals surface area contributed by atoms with E-state index in [0.29, 0.717) is 11.4 Å². The molecule has 0 aromatic heterocycles. The zero-order valence-electron chi connectivity index (χ0n) is 9.41. The molecule has 0 saturated heterocycles. The summed E-state index contributed by atoms with van der Waals surface area (Å²) >= 11 is 12.9. The third-order valence-corrected chi connectivity index (χ3v) is 3.93. The van der Waals surface area contributed by atoms with Crippen LogP contribution in [0.1, 0.15) is 17.2 Å². The van der Waals surface area contributed by atoms with Crippen LogP contribution in [-0.2, 0) is 6.42 Å². The summed E-state index contributed by atoms with van der Waals surface area (Å²) in [7, 11) is 0. The van der Waals surface area contributed by atoms with Gasteiger partial charge in [-0.05, 0) is 35.4 Å². The van der Waals surface area contributed by atoms with E-state index in [1.165, 1.54) is 0 Å². The Labute approximate surface area is 128 Å². The minimum atomic E-state index is -0.571. The molecule has 0 bridgehead atoms. The second kappa shape index (κ2) is 6.20. The Hall–Kier alpha value is -0.350. The highest BCUT2D eigenvalue weighted by molar-refractivity contribution is 9.11. The van der Waals surface area contributed by atoms with Gasteiger partial charge in [0, 0.05) is 20.4 Å². The van der Waals surface area contributed by atoms with E-state index in [2.05, 4.69) is 31.9 Å². The highest BCUT2D eigenvalue weighted by Crippen LogP contribution is 2.28. The average molecular weight is 391 g/mol. The summed E-state index contributed by atoms with van der Waals surface area (Å²) in [4.78, 5) is 0. The number of aliphatic hydroxyl groups is 1. The molecule has 0 spiro atoms. The summed E-state index contributed by atoms with van der Waals surface area (Å²) in [5, 5.41) is 10.9. The number of rotatable bonds is 3. The Morgan fingerprint density at radius 1 is 1.06 bits per heavy atom. The molecule has 2 rings (SSSR count). The van der Waals surface area contributed by atoms with Gasteiger partial charge < -0.3 is 5.11 Å². The molecule has 0 amide bonds. The van der Waals surface area contributed by atoms with E-state index >= 15 is 0 Å². The molecule has 2 aromatic rings. The van der Waals surface area contributed by atoms with Crippen molar-refractivity contribution in [2.24, 2.45) is 0 Å². The zero-order chi connectivity index (χ0) is 13.1. The molecule has 0 fully saturated rings. The number of hydrogen-bond acceptors (Lipinski definition) is 1.